The van der Waals surface area contributed by atoms with Crippen molar-refractivity contribution in [1.29, 1.82) is 0 Å². The smallest absolute Gasteiger partial charge is 0.265 e. The molecule has 0 unspecified atom stereocenters. The second kappa shape index (κ2) is 7.43. The number of anilines is 1. The Balaban J connectivity index is 1.72. The normalized spacial score (nSPS) is 12.8. The summed E-state index contributed by atoms with van der Waals surface area (Å²) in [6.07, 6.45) is 5.07. The summed E-state index contributed by atoms with van der Waals surface area (Å²) in [7, 11) is -0.790. The summed E-state index contributed by atoms with van der Waals surface area (Å²) >= 11 is 0. The number of aryl methyl sites for hydroxylation is 1. The van der Waals surface area contributed by atoms with Crippen LogP contribution in [0.3, 0.4) is 0 Å². The van der Waals surface area contributed by atoms with Crippen molar-refractivity contribution in [3.63, 3.8) is 0 Å². The zero-order valence-corrected chi connectivity index (χ0v) is 17.3. The standard InChI is InChI=1S/C19H20N6O4S/c1-12(26)13-6-7-20-17(8-13)25-11-15(10-22-25)30(27,28)23-18-16(29-3)5-4-14-9-21-24(2)19(14)18/h4-12,23,26H,1-3H3/t12-/m0/s1. The quantitative estimate of drug-likeness (QED) is 0.481. The molecule has 30 heavy (non-hydrogen) atoms. The Bertz CT molecular complexity index is 1330. The number of benzene rings is 1. The molecule has 0 radical (unpaired) electrons. The van der Waals surface area contributed by atoms with Crippen LogP contribution in [0.25, 0.3) is 16.7 Å². The molecule has 3 aromatic heterocycles. The molecule has 0 spiro atoms. The van der Waals surface area contributed by atoms with Crippen molar-refractivity contribution < 1.29 is 18.3 Å². The van der Waals surface area contributed by atoms with E-state index < -0.39 is 16.1 Å². The molecule has 4 rings (SSSR count). The van der Waals surface area contributed by atoms with Crippen LogP contribution in [0.15, 0.2) is 53.9 Å². The third-order valence-corrected chi connectivity index (χ3v) is 5.98. The van der Waals surface area contributed by atoms with Crippen LogP contribution in [0, 0.1) is 0 Å². The molecule has 2 N–H and O–H groups in total. The fourth-order valence-corrected chi connectivity index (χ4v) is 4.11. The predicted octanol–water partition coefficient (Wildman–Crippen LogP) is 2.02. The number of pyridine rings is 1. The average molecular weight is 428 g/mol. The number of fused-ring (bicyclic) bond motifs is 1. The van der Waals surface area contributed by atoms with Crippen LogP contribution >= 0.6 is 0 Å². The minimum atomic E-state index is -3.98. The highest BCUT2D eigenvalue weighted by Gasteiger charge is 2.22. The number of hydrogen-bond acceptors (Lipinski definition) is 7. The molecule has 0 bridgehead atoms. The molecule has 1 atom stereocenters. The van der Waals surface area contributed by atoms with Gasteiger partial charge in [0.2, 0.25) is 0 Å². The minimum absolute atomic E-state index is 0.0482. The van der Waals surface area contributed by atoms with Gasteiger partial charge in [-0.2, -0.15) is 10.2 Å². The van der Waals surface area contributed by atoms with E-state index >= 15 is 0 Å². The molecule has 0 saturated carbocycles. The zero-order valence-electron chi connectivity index (χ0n) is 16.5. The topological polar surface area (TPSA) is 124 Å². The minimum Gasteiger partial charge on any atom is -0.494 e. The first-order valence-electron chi connectivity index (χ1n) is 9.01. The molecule has 156 valence electrons. The molecule has 0 aliphatic rings. The number of methoxy groups -OCH3 is 1. The summed E-state index contributed by atoms with van der Waals surface area (Å²) in [5.74, 6) is 0.759. The average Bonchev–Trinajstić information content (AvgIpc) is 3.36. The van der Waals surface area contributed by atoms with E-state index in [-0.39, 0.29) is 10.6 Å². The van der Waals surface area contributed by atoms with E-state index in [1.165, 1.54) is 30.4 Å². The van der Waals surface area contributed by atoms with Crippen molar-refractivity contribution in [2.45, 2.75) is 17.9 Å². The number of hydrogen-bond donors (Lipinski definition) is 2. The summed E-state index contributed by atoms with van der Waals surface area (Å²) in [5, 5.41) is 18.8. The summed E-state index contributed by atoms with van der Waals surface area (Å²) in [4.78, 5) is 4.14. The van der Waals surface area contributed by atoms with Crippen molar-refractivity contribution in [3.8, 4) is 11.6 Å². The molecule has 0 saturated heterocycles. The number of sulfonamides is 1. The summed E-state index contributed by atoms with van der Waals surface area (Å²) in [5.41, 5.74) is 1.53. The van der Waals surface area contributed by atoms with Crippen LogP contribution < -0.4 is 9.46 Å². The largest absolute Gasteiger partial charge is 0.494 e. The lowest BCUT2D eigenvalue weighted by Crippen LogP contribution is -2.14. The van der Waals surface area contributed by atoms with E-state index in [1.807, 2.05) is 0 Å². The Morgan fingerprint density at radius 2 is 2.00 bits per heavy atom. The summed E-state index contributed by atoms with van der Waals surface area (Å²) in [6.45, 7) is 1.63. The van der Waals surface area contributed by atoms with E-state index in [2.05, 4.69) is 19.9 Å². The SMILES string of the molecule is COc1ccc2cnn(C)c2c1NS(=O)(=O)c1cnn(-c2cc([C@H](C)O)ccn2)c1. The molecule has 10 nitrogen and oxygen atoms in total. The van der Waals surface area contributed by atoms with Crippen LogP contribution in [-0.2, 0) is 17.1 Å². The van der Waals surface area contributed by atoms with Gasteiger partial charge < -0.3 is 9.84 Å². The van der Waals surface area contributed by atoms with Crippen molar-refractivity contribution in [1.82, 2.24) is 24.5 Å². The molecule has 1 aromatic carbocycles. The second-order valence-electron chi connectivity index (χ2n) is 6.70. The highest BCUT2D eigenvalue weighted by Crippen LogP contribution is 2.34. The number of rotatable bonds is 6. The Hall–Kier alpha value is -3.44. The zero-order chi connectivity index (χ0) is 21.5. The molecule has 0 fully saturated rings. The number of ether oxygens (including phenoxy) is 1. The van der Waals surface area contributed by atoms with E-state index in [1.54, 1.807) is 49.1 Å². The highest BCUT2D eigenvalue weighted by molar-refractivity contribution is 7.92. The number of aromatic nitrogens is 5. The van der Waals surface area contributed by atoms with Gasteiger partial charge in [-0.15, -0.1) is 0 Å². The molecule has 0 amide bonds. The van der Waals surface area contributed by atoms with E-state index in [0.29, 0.717) is 22.6 Å². The lowest BCUT2D eigenvalue weighted by atomic mass is 10.2. The van der Waals surface area contributed by atoms with Gasteiger partial charge in [-0.25, -0.2) is 18.1 Å². The molecular weight excluding hydrogens is 408 g/mol. The third-order valence-electron chi connectivity index (χ3n) is 4.68. The Morgan fingerprint density at radius 1 is 1.20 bits per heavy atom. The highest BCUT2D eigenvalue weighted by atomic mass is 32.2. The summed E-state index contributed by atoms with van der Waals surface area (Å²) in [6, 6.07) is 6.80. The van der Waals surface area contributed by atoms with Gasteiger partial charge in [-0.1, -0.05) is 0 Å². The summed E-state index contributed by atoms with van der Waals surface area (Å²) < 4.78 is 37.0. The van der Waals surface area contributed by atoms with Crippen molar-refractivity contribution in [2.75, 3.05) is 11.8 Å². The maximum absolute atomic E-state index is 13.1. The Morgan fingerprint density at radius 3 is 2.73 bits per heavy atom. The fourth-order valence-electron chi connectivity index (χ4n) is 3.10. The van der Waals surface area contributed by atoms with Crippen LogP contribution in [0.5, 0.6) is 5.75 Å². The van der Waals surface area contributed by atoms with Crippen LogP contribution in [0.4, 0.5) is 5.69 Å². The lowest BCUT2D eigenvalue weighted by molar-refractivity contribution is 0.199. The lowest BCUT2D eigenvalue weighted by Gasteiger charge is -2.13. The van der Waals surface area contributed by atoms with Gasteiger partial charge in [0, 0.05) is 18.6 Å². The number of nitrogens with zero attached hydrogens (tertiary/aromatic N) is 5. The first-order chi connectivity index (χ1) is 14.3. The van der Waals surface area contributed by atoms with Gasteiger partial charge in [-0.3, -0.25) is 9.40 Å². The van der Waals surface area contributed by atoms with Gasteiger partial charge in [0.15, 0.2) is 5.82 Å². The van der Waals surface area contributed by atoms with Crippen molar-refractivity contribution >= 4 is 26.6 Å². The Kier molecular flexibility index (Phi) is 4.92. The molecule has 0 aliphatic carbocycles. The monoisotopic (exact) mass is 428 g/mol. The van der Waals surface area contributed by atoms with Crippen LogP contribution in [0.2, 0.25) is 0 Å². The predicted molar refractivity (Wildman–Crippen MR) is 110 cm³/mol. The number of nitrogens with one attached hydrogen (secondary N) is 1. The maximum atomic E-state index is 13.1. The molecule has 4 aromatic rings. The van der Waals surface area contributed by atoms with Gasteiger partial charge >= 0.3 is 0 Å². The molecule has 11 heteroatoms. The van der Waals surface area contributed by atoms with Crippen LogP contribution in [-0.4, -0.2) is 45.2 Å². The fraction of sp³-hybridized carbons (Fsp3) is 0.211. The Labute approximate surface area is 172 Å². The molecule has 0 aliphatic heterocycles. The molecular formula is C19H20N6O4S. The van der Waals surface area contributed by atoms with Crippen LogP contribution in [0.1, 0.15) is 18.6 Å². The van der Waals surface area contributed by atoms with Crippen molar-refractivity contribution in [2.24, 2.45) is 7.05 Å². The van der Waals surface area contributed by atoms with E-state index in [4.69, 9.17) is 4.74 Å². The first-order valence-corrected chi connectivity index (χ1v) is 10.5. The number of aliphatic hydroxyl groups is 1. The van der Waals surface area contributed by atoms with E-state index in [0.717, 1.165) is 5.39 Å². The van der Waals surface area contributed by atoms with Crippen molar-refractivity contribution in [3.05, 3.63) is 54.6 Å². The van der Waals surface area contributed by atoms with Gasteiger partial charge in [-0.05, 0) is 36.8 Å². The first kappa shape index (κ1) is 19.9. The number of aliphatic hydroxyl groups excluding tert-OH is 1. The maximum Gasteiger partial charge on any atom is 0.265 e. The van der Waals surface area contributed by atoms with E-state index in [9.17, 15) is 13.5 Å². The second-order valence-corrected chi connectivity index (χ2v) is 8.38. The molecule has 3 heterocycles. The van der Waals surface area contributed by atoms with Gasteiger partial charge in [0.1, 0.15) is 16.3 Å². The van der Waals surface area contributed by atoms with Gasteiger partial charge in [0.25, 0.3) is 10.0 Å². The van der Waals surface area contributed by atoms with Gasteiger partial charge in [0.05, 0.1) is 37.3 Å². The third kappa shape index (κ3) is 3.48.